The Morgan fingerprint density at radius 2 is 1.94 bits per heavy atom. The van der Waals surface area contributed by atoms with Crippen molar-refractivity contribution in [2.75, 3.05) is 13.7 Å². The van der Waals surface area contributed by atoms with Crippen LogP contribution in [0, 0.1) is 5.82 Å². The first-order valence-electron chi connectivity index (χ1n) is 5.32. The summed E-state index contributed by atoms with van der Waals surface area (Å²) in [5.41, 5.74) is 1.42. The monoisotopic (exact) mass is 251 g/mol. The zero-order valence-electron chi connectivity index (χ0n) is 10.2. The lowest BCUT2D eigenvalue weighted by Gasteiger charge is -2.03. The van der Waals surface area contributed by atoms with E-state index in [0.717, 1.165) is 5.56 Å². The summed E-state index contributed by atoms with van der Waals surface area (Å²) in [5, 5.41) is 2.38. The molecule has 5 heteroatoms. The smallest absolute Gasteiger partial charge is 0.325 e. The second kappa shape index (κ2) is 6.54. The van der Waals surface area contributed by atoms with Gasteiger partial charge in [0.25, 0.3) is 0 Å². The van der Waals surface area contributed by atoms with Crippen molar-refractivity contribution in [3.63, 3.8) is 0 Å². The number of carbonyl (C=O) groups excluding carboxylic acids is 2. The minimum absolute atomic E-state index is 0.178. The number of rotatable bonds is 4. The van der Waals surface area contributed by atoms with Crippen molar-refractivity contribution in [2.45, 2.75) is 6.92 Å². The fraction of sp³-hybridized carbons (Fsp3) is 0.231. The third-order valence-corrected chi connectivity index (χ3v) is 2.28. The Hall–Kier alpha value is -2.17. The van der Waals surface area contributed by atoms with Gasteiger partial charge in [-0.3, -0.25) is 9.59 Å². The molecule has 0 unspecified atom stereocenters. The molecule has 0 radical (unpaired) electrons. The highest BCUT2D eigenvalue weighted by Gasteiger charge is 2.04. The topological polar surface area (TPSA) is 55.4 Å². The molecule has 1 amide bonds. The molecule has 1 N–H and O–H groups in total. The zero-order chi connectivity index (χ0) is 13.5. The van der Waals surface area contributed by atoms with Gasteiger partial charge in [0, 0.05) is 6.08 Å². The molecule has 1 aromatic carbocycles. The minimum atomic E-state index is -0.517. The van der Waals surface area contributed by atoms with Gasteiger partial charge >= 0.3 is 5.97 Å². The van der Waals surface area contributed by atoms with Gasteiger partial charge in [-0.2, -0.15) is 0 Å². The molecule has 0 heterocycles. The van der Waals surface area contributed by atoms with Gasteiger partial charge in [-0.15, -0.1) is 0 Å². The van der Waals surface area contributed by atoms with Crippen LogP contribution in [0.4, 0.5) is 4.39 Å². The molecule has 18 heavy (non-hydrogen) atoms. The average Bonchev–Trinajstić information content (AvgIpc) is 2.36. The van der Waals surface area contributed by atoms with Gasteiger partial charge in [-0.1, -0.05) is 12.1 Å². The Balaban J connectivity index is 2.62. The van der Waals surface area contributed by atoms with Crippen molar-refractivity contribution < 1.29 is 18.7 Å². The molecule has 1 aromatic rings. The standard InChI is InChI=1S/C13H14FNO3/c1-9(10-3-5-11(14)6-4-10)7-12(16)15-8-13(17)18-2/h3-7H,8H2,1-2H3,(H,15,16)/b9-7+. The second-order valence-corrected chi connectivity index (χ2v) is 3.63. The van der Waals surface area contributed by atoms with E-state index < -0.39 is 11.9 Å². The quantitative estimate of drug-likeness (QED) is 0.652. The van der Waals surface area contributed by atoms with E-state index in [4.69, 9.17) is 0 Å². The molecule has 0 saturated heterocycles. The van der Waals surface area contributed by atoms with Gasteiger partial charge in [0.05, 0.1) is 7.11 Å². The maximum absolute atomic E-state index is 12.7. The summed E-state index contributed by atoms with van der Waals surface area (Å²) in [7, 11) is 1.24. The number of halogens is 1. The molecule has 0 spiro atoms. The SMILES string of the molecule is COC(=O)CNC(=O)/C=C(\C)c1ccc(F)cc1. The maximum Gasteiger partial charge on any atom is 0.325 e. The average molecular weight is 251 g/mol. The number of allylic oxidation sites excluding steroid dienone is 1. The molecular weight excluding hydrogens is 237 g/mol. The zero-order valence-corrected chi connectivity index (χ0v) is 10.2. The van der Waals surface area contributed by atoms with Gasteiger partial charge < -0.3 is 10.1 Å². The van der Waals surface area contributed by atoms with Crippen molar-refractivity contribution in [2.24, 2.45) is 0 Å². The van der Waals surface area contributed by atoms with Crippen LogP contribution in [0.5, 0.6) is 0 Å². The Morgan fingerprint density at radius 1 is 1.33 bits per heavy atom. The van der Waals surface area contributed by atoms with Crippen molar-refractivity contribution in [3.8, 4) is 0 Å². The lowest BCUT2D eigenvalue weighted by molar-refractivity contribution is -0.140. The van der Waals surface area contributed by atoms with Gasteiger partial charge in [-0.05, 0) is 30.2 Å². The molecule has 1 rings (SSSR count). The molecular formula is C13H14FNO3. The van der Waals surface area contributed by atoms with Crippen molar-refractivity contribution >= 4 is 17.4 Å². The highest BCUT2D eigenvalue weighted by Crippen LogP contribution is 2.13. The molecule has 4 nitrogen and oxygen atoms in total. The number of methoxy groups -OCH3 is 1. The second-order valence-electron chi connectivity index (χ2n) is 3.63. The van der Waals surface area contributed by atoms with Gasteiger partial charge in [0.1, 0.15) is 12.4 Å². The summed E-state index contributed by atoms with van der Waals surface area (Å²) in [6.07, 6.45) is 1.34. The molecule has 0 aliphatic rings. The van der Waals surface area contributed by atoms with E-state index in [1.807, 2.05) is 0 Å². The first-order valence-corrected chi connectivity index (χ1v) is 5.32. The van der Waals surface area contributed by atoms with E-state index in [9.17, 15) is 14.0 Å². The van der Waals surface area contributed by atoms with Crippen LogP contribution in [0.1, 0.15) is 12.5 Å². The summed E-state index contributed by atoms with van der Waals surface area (Å²) in [6.45, 7) is 1.55. The first-order chi connectivity index (χ1) is 8.52. The van der Waals surface area contributed by atoms with Crippen LogP contribution in [0.3, 0.4) is 0 Å². The molecule has 0 aliphatic carbocycles. The largest absolute Gasteiger partial charge is 0.468 e. The van der Waals surface area contributed by atoms with Gasteiger partial charge in [0.15, 0.2) is 0 Å². The maximum atomic E-state index is 12.7. The van der Waals surface area contributed by atoms with Crippen LogP contribution in [0.25, 0.3) is 5.57 Å². The summed E-state index contributed by atoms with van der Waals surface area (Å²) in [5.74, 6) is -1.25. The van der Waals surface area contributed by atoms with Crippen molar-refractivity contribution in [1.82, 2.24) is 5.32 Å². The Labute approximate surface area is 104 Å². The predicted octanol–water partition coefficient (Wildman–Crippen LogP) is 1.52. The number of esters is 1. The third-order valence-electron chi connectivity index (χ3n) is 2.28. The fourth-order valence-electron chi connectivity index (χ4n) is 1.28. The van der Waals surface area contributed by atoms with Crippen LogP contribution in [0.2, 0.25) is 0 Å². The number of ether oxygens (including phenoxy) is 1. The van der Waals surface area contributed by atoms with Crippen LogP contribution in [0.15, 0.2) is 30.3 Å². The lowest BCUT2D eigenvalue weighted by atomic mass is 10.1. The lowest BCUT2D eigenvalue weighted by Crippen LogP contribution is -2.28. The molecule has 0 aliphatic heterocycles. The molecule has 96 valence electrons. The van der Waals surface area contributed by atoms with E-state index in [0.29, 0.717) is 5.57 Å². The summed E-state index contributed by atoms with van der Waals surface area (Å²) in [6, 6.07) is 5.79. The van der Waals surface area contributed by atoms with Crippen molar-refractivity contribution in [1.29, 1.82) is 0 Å². The predicted molar refractivity (Wildman–Crippen MR) is 65.1 cm³/mol. The Kier molecular flexibility index (Phi) is 5.05. The number of carbonyl (C=O) groups is 2. The normalized spacial score (nSPS) is 10.9. The van der Waals surface area contributed by atoms with Crippen LogP contribution in [-0.4, -0.2) is 25.5 Å². The Bertz CT molecular complexity index is 466. The van der Waals surface area contributed by atoms with E-state index >= 15 is 0 Å². The molecule has 0 bridgehead atoms. The van der Waals surface area contributed by atoms with E-state index in [1.54, 1.807) is 19.1 Å². The molecule has 0 fully saturated rings. The molecule has 0 aromatic heterocycles. The summed E-state index contributed by atoms with van der Waals surface area (Å²) >= 11 is 0. The van der Waals surface area contributed by atoms with Gasteiger partial charge in [0.2, 0.25) is 5.91 Å². The number of nitrogens with one attached hydrogen (secondary N) is 1. The van der Waals surface area contributed by atoms with E-state index in [1.165, 1.54) is 25.3 Å². The molecule has 0 atom stereocenters. The highest BCUT2D eigenvalue weighted by atomic mass is 19.1. The summed E-state index contributed by atoms with van der Waals surface area (Å²) in [4.78, 5) is 22.3. The van der Waals surface area contributed by atoms with E-state index in [-0.39, 0.29) is 12.4 Å². The van der Waals surface area contributed by atoms with Crippen LogP contribution >= 0.6 is 0 Å². The number of benzene rings is 1. The van der Waals surface area contributed by atoms with E-state index in [2.05, 4.69) is 10.1 Å². The number of hydrogen-bond donors (Lipinski definition) is 1. The summed E-state index contributed by atoms with van der Waals surface area (Å²) < 4.78 is 17.1. The fourth-order valence-corrected chi connectivity index (χ4v) is 1.28. The highest BCUT2D eigenvalue weighted by molar-refractivity contribution is 5.96. The van der Waals surface area contributed by atoms with Crippen molar-refractivity contribution in [3.05, 3.63) is 41.7 Å². The third kappa shape index (κ3) is 4.37. The van der Waals surface area contributed by atoms with Crippen LogP contribution < -0.4 is 5.32 Å². The number of hydrogen-bond acceptors (Lipinski definition) is 3. The minimum Gasteiger partial charge on any atom is -0.468 e. The number of amides is 1. The first kappa shape index (κ1) is 13.9. The van der Waals surface area contributed by atoms with Crippen LogP contribution in [-0.2, 0) is 14.3 Å². The Morgan fingerprint density at radius 3 is 2.50 bits per heavy atom. The molecule has 0 saturated carbocycles. The van der Waals surface area contributed by atoms with Gasteiger partial charge in [-0.25, -0.2) is 4.39 Å².